The van der Waals surface area contributed by atoms with Crippen LogP contribution >= 0.6 is 0 Å². The number of rotatable bonds is 0. The Morgan fingerprint density at radius 2 is 1.67 bits per heavy atom. The van der Waals surface area contributed by atoms with Crippen LogP contribution in [-0.2, 0) is 22.4 Å². The van der Waals surface area contributed by atoms with Crippen molar-refractivity contribution in [1.82, 2.24) is 4.98 Å². The molecule has 0 aromatic carbocycles. The molecular weight excluding hydrogens is 446 g/mol. The standard InChI is InChI=1S/C8H9NO.La.Ta/c1-5-4-9-8(10)7(3)6(5)2;;/h1-3H3;;/q-2;;. The van der Waals surface area contributed by atoms with Gasteiger partial charge in [-0.05, 0) is 5.56 Å². The predicted molar refractivity (Wildman–Crippen MR) is 39.1 cm³/mol. The third-order valence-corrected chi connectivity index (χ3v) is 1.77. The van der Waals surface area contributed by atoms with Gasteiger partial charge in [0.05, 0.1) is 0 Å². The average molecular weight is 455 g/mol. The van der Waals surface area contributed by atoms with Gasteiger partial charge in [0.1, 0.15) is 0 Å². The van der Waals surface area contributed by atoms with Gasteiger partial charge in [-0.2, -0.15) is 11.1 Å². The Morgan fingerprint density at radius 3 is 2.08 bits per heavy atom. The minimum absolute atomic E-state index is 0. The van der Waals surface area contributed by atoms with E-state index in [-0.39, 0.29) is 63.5 Å². The molecule has 62 valence electrons. The van der Waals surface area contributed by atoms with Crippen molar-refractivity contribution in [1.29, 1.82) is 0 Å². The molecule has 0 saturated heterocycles. The zero-order chi connectivity index (χ0) is 7.72. The van der Waals surface area contributed by atoms with Crippen molar-refractivity contribution >= 4 is 0 Å². The summed E-state index contributed by atoms with van der Waals surface area (Å²) < 4.78 is 0. The summed E-state index contributed by atoms with van der Waals surface area (Å²) >= 11 is 0. The number of pyridine rings is 1. The Kier molecular flexibility index (Phi) is 8.14. The largest absolute Gasteiger partial charge is 0.751 e. The second kappa shape index (κ2) is 6.36. The first kappa shape index (κ1) is 15.4. The minimum atomic E-state index is -0.164. The van der Waals surface area contributed by atoms with Crippen LogP contribution in [0.5, 0.6) is 0 Å². The monoisotopic (exact) mass is 455 g/mol. The van der Waals surface area contributed by atoms with Crippen LogP contribution in [0.3, 0.4) is 0 Å². The van der Waals surface area contributed by atoms with E-state index in [1.807, 2.05) is 13.8 Å². The van der Waals surface area contributed by atoms with E-state index in [9.17, 15) is 4.79 Å². The molecule has 0 amide bonds. The molecular formula is C8H9LaNOTa-2. The fourth-order valence-corrected chi connectivity index (χ4v) is 0.744. The van der Waals surface area contributed by atoms with E-state index in [1.54, 1.807) is 6.92 Å². The van der Waals surface area contributed by atoms with Gasteiger partial charge in [-0.25, -0.2) is 0 Å². The zero-order valence-electron chi connectivity index (χ0n) is 7.38. The molecule has 0 aliphatic carbocycles. The third kappa shape index (κ3) is 3.33. The van der Waals surface area contributed by atoms with Crippen molar-refractivity contribution in [2.75, 3.05) is 0 Å². The van der Waals surface area contributed by atoms with Crippen LogP contribution in [0.4, 0.5) is 0 Å². The van der Waals surface area contributed by atoms with Crippen LogP contribution in [0.25, 0.3) is 0 Å². The minimum Gasteiger partial charge on any atom is -0.751 e. The van der Waals surface area contributed by atoms with Gasteiger partial charge < -0.3 is 16.0 Å². The summed E-state index contributed by atoms with van der Waals surface area (Å²) in [6.07, 6.45) is 2.65. The molecule has 0 aliphatic rings. The first-order chi connectivity index (χ1) is 4.63. The molecule has 2 radical (unpaired) electrons. The topological polar surface area (TPSA) is 31.2 Å². The molecule has 2 nitrogen and oxygen atoms in total. The molecule has 0 spiro atoms. The summed E-state index contributed by atoms with van der Waals surface area (Å²) in [5.74, 6) is 0. The average Bonchev–Trinajstić information content (AvgIpc) is 1.93. The molecule has 1 rings (SSSR count). The molecule has 0 unspecified atom stereocenters. The number of hydrogen-bond donors (Lipinski definition) is 0. The second-order valence-corrected chi connectivity index (χ2v) is 2.40. The molecule has 12 heavy (non-hydrogen) atoms. The van der Waals surface area contributed by atoms with Gasteiger partial charge in [-0.3, -0.25) is 0 Å². The summed E-state index contributed by atoms with van der Waals surface area (Å²) in [5, 5.41) is 0. The fourth-order valence-electron chi connectivity index (χ4n) is 0.744. The summed E-state index contributed by atoms with van der Waals surface area (Å²) in [4.78, 5) is 14.4. The Morgan fingerprint density at radius 1 is 1.17 bits per heavy atom. The summed E-state index contributed by atoms with van der Waals surface area (Å²) in [5.41, 5.74) is 2.52. The summed E-state index contributed by atoms with van der Waals surface area (Å²) in [6.45, 7) is 5.59. The first-order valence-corrected chi connectivity index (χ1v) is 3.15. The number of nitrogens with zero attached hydrogens (tertiary/aromatic N) is 1. The quantitative estimate of drug-likeness (QED) is 0.541. The number of aromatic nitrogens is 1. The van der Waals surface area contributed by atoms with E-state index in [2.05, 4.69) is 11.2 Å². The molecule has 1 aromatic heterocycles. The van der Waals surface area contributed by atoms with Gasteiger partial charge in [0.25, 0.3) is 0 Å². The van der Waals surface area contributed by atoms with Gasteiger partial charge >= 0.3 is 0 Å². The van der Waals surface area contributed by atoms with Crippen molar-refractivity contribution in [2.45, 2.75) is 20.8 Å². The van der Waals surface area contributed by atoms with Gasteiger partial charge in [0.2, 0.25) is 0 Å². The molecule has 0 atom stereocenters. The van der Waals surface area contributed by atoms with Gasteiger partial charge in [-0.15, -0.1) is 5.56 Å². The molecule has 0 fully saturated rings. The Bertz CT molecular complexity index is 308. The summed E-state index contributed by atoms with van der Waals surface area (Å²) in [6, 6.07) is 0. The van der Waals surface area contributed by atoms with E-state index < -0.39 is 0 Å². The van der Waals surface area contributed by atoms with E-state index >= 15 is 0 Å². The molecule has 0 N–H and O–H groups in total. The van der Waals surface area contributed by atoms with E-state index in [0.717, 1.165) is 16.7 Å². The third-order valence-electron chi connectivity index (χ3n) is 1.77. The first-order valence-electron chi connectivity index (χ1n) is 3.15. The van der Waals surface area contributed by atoms with Gasteiger partial charge in [-0.1, -0.05) is 20.8 Å². The maximum absolute atomic E-state index is 10.8. The Balaban J connectivity index is 0. The predicted octanol–water partition coefficient (Wildman–Crippen LogP) is 0.727. The summed E-state index contributed by atoms with van der Waals surface area (Å²) in [7, 11) is 0. The molecule has 1 aromatic rings. The smallest absolute Gasteiger partial charge is 0 e. The van der Waals surface area contributed by atoms with Crippen molar-refractivity contribution in [2.24, 2.45) is 0 Å². The van der Waals surface area contributed by atoms with Crippen molar-refractivity contribution < 1.29 is 58.0 Å². The SMILES string of the molecule is Cc1[c-][n-]c(=O)c(C)c1C.[La].[Ta]. The van der Waals surface area contributed by atoms with Gasteiger partial charge in [0, 0.05) is 58.0 Å². The van der Waals surface area contributed by atoms with Crippen LogP contribution in [-0.4, -0.2) is 0 Å². The molecule has 0 saturated carbocycles. The van der Waals surface area contributed by atoms with E-state index in [0.29, 0.717) is 0 Å². The number of aryl methyl sites for hydroxylation is 1. The van der Waals surface area contributed by atoms with Gasteiger partial charge in [0.15, 0.2) is 0 Å². The molecule has 0 bridgehead atoms. The molecule has 0 aliphatic heterocycles. The maximum atomic E-state index is 10.8. The van der Waals surface area contributed by atoms with Crippen LogP contribution < -0.4 is 10.5 Å². The van der Waals surface area contributed by atoms with Crippen LogP contribution in [0.2, 0.25) is 0 Å². The molecule has 4 heteroatoms. The van der Waals surface area contributed by atoms with Crippen molar-refractivity contribution in [3.63, 3.8) is 0 Å². The van der Waals surface area contributed by atoms with Crippen molar-refractivity contribution in [3.8, 4) is 0 Å². The Hall–Kier alpha value is 0.885. The molecule has 1 heterocycles. The van der Waals surface area contributed by atoms with Crippen LogP contribution in [0, 0.1) is 62.6 Å². The Labute approximate surface area is 116 Å². The fraction of sp³-hybridized carbons (Fsp3) is 0.375. The van der Waals surface area contributed by atoms with Crippen molar-refractivity contribution in [3.05, 3.63) is 33.2 Å². The number of hydrogen-bond acceptors (Lipinski definition) is 1. The normalized spacial score (nSPS) is 8.25. The maximum Gasteiger partial charge on any atom is 0 e. The van der Waals surface area contributed by atoms with E-state index in [4.69, 9.17) is 0 Å². The zero-order valence-corrected chi connectivity index (χ0v) is 14.2. The van der Waals surface area contributed by atoms with Crippen LogP contribution in [0.15, 0.2) is 4.79 Å². The van der Waals surface area contributed by atoms with E-state index in [1.165, 1.54) is 0 Å². The van der Waals surface area contributed by atoms with Crippen LogP contribution in [0.1, 0.15) is 16.7 Å². The second-order valence-electron chi connectivity index (χ2n) is 2.40.